The molecule has 3 aromatic carbocycles. The molecule has 0 aliphatic heterocycles. The minimum Gasteiger partial charge on any atom is -0.497 e. The third-order valence-electron chi connectivity index (χ3n) is 5.52. The van der Waals surface area contributed by atoms with E-state index in [-0.39, 0.29) is 12.5 Å². The standard InChI is InChI=1S/C27H29N3O4/c1-19-8-9-20(2)25(16-19)34-18-27(31)28-17-26-29-23-6-4-5-7-24(23)30(26)14-15-33-22-12-10-21(32-3)11-13-22/h4-13,16H,14-15,17-18H2,1-3H3,(H,28,31). The summed E-state index contributed by atoms with van der Waals surface area (Å²) in [7, 11) is 1.64. The lowest BCUT2D eigenvalue weighted by Crippen LogP contribution is -2.30. The van der Waals surface area contributed by atoms with Crippen LogP contribution < -0.4 is 19.5 Å². The van der Waals surface area contributed by atoms with Crippen LogP contribution in [0.3, 0.4) is 0 Å². The molecule has 0 spiro atoms. The Balaban J connectivity index is 1.38. The first-order chi connectivity index (χ1) is 16.5. The average molecular weight is 460 g/mol. The summed E-state index contributed by atoms with van der Waals surface area (Å²) in [5.41, 5.74) is 3.96. The third-order valence-corrected chi connectivity index (χ3v) is 5.52. The number of aromatic nitrogens is 2. The molecule has 0 fully saturated rings. The van der Waals surface area contributed by atoms with Gasteiger partial charge in [0, 0.05) is 0 Å². The smallest absolute Gasteiger partial charge is 0.258 e. The number of amides is 1. The monoisotopic (exact) mass is 459 g/mol. The molecular formula is C27H29N3O4. The molecule has 0 aliphatic carbocycles. The molecule has 0 atom stereocenters. The zero-order chi connectivity index (χ0) is 23.9. The van der Waals surface area contributed by atoms with Gasteiger partial charge < -0.3 is 24.1 Å². The number of hydrogen-bond acceptors (Lipinski definition) is 5. The van der Waals surface area contributed by atoms with Crippen molar-refractivity contribution in [2.45, 2.75) is 26.9 Å². The van der Waals surface area contributed by atoms with Crippen LogP contribution in [0.5, 0.6) is 17.2 Å². The van der Waals surface area contributed by atoms with E-state index in [1.807, 2.05) is 80.6 Å². The number of benzene rings is 3. The number of rotatable bonds is 10. The first-order valence-electron chi connectivity index (χ1n) is 11.2. The van der Waals surface area contributed by atoms with Crippen molar-refractivity contribution in [3.8, 4) is 17.2 Å². The molecule has 7 nitrogen and oxygen atoms in total. The summed E-state index contributed by atoms with van der Waals surface area (Å²) < 4.78 is 18.9. The van der Waals surface area contributed by atoms with Crippen molar-refractivity contribution in [2.24, 2.45) is 0 Å². The van der Waals surface area contributed by atoms with Crippen LogP contribution in [0, 0.1) is 13.8 Å². The lowest BCUT2D eigenvalue weighted by atomic mass is 10.1. The summed E-state index contributed by atoms with van der Waals surface area (Å²) >= 11 is 0. The summed E-state index contributed by atoms with van der Waals surface area (Å²) in [5.74, 6) is 2.84. The number of nitrogens with one attached hydrogen (secondary N) is 1. The summed E-state index contributed by atoms with van der Waals surface area (Å²) in [6.07, 6.45) is 0. The van der Waals surface area contributed by atoms with E-state index >= 15 is 0 Å². The van der Waals surface area contributed by atoms with Crippen molar-refractivity contribution in [3.05, 3.63) is 83.7 Å². The van der Waals surface area contributed by atoms with Crippen LogP contribution in [0.15, 0.2) is 66.7 Å². The van der Waals surface area contributed by atoms with Crippen LogP contribution in [0.25, 0.3) is 11.0 Å². The molecule has 1 amide bonds. The maximum Gasteiger partial charge on any atom is 0.258 e. The van der Waals surface area contributed by atoms with E-state index in [4.69, 9.17) is 19.2 Å². The highest BCUT2D eigenvalue weighted by Gasteiger charge is 2.12. The number of carbonyl (C=O) groups is 1. The molecule has 1 N–H and O–H groups in total. The number of imidazole rings is 1. The molecule has 4 rings (SSSR count). The van der Waals surface area contributed by atoms with Crippen LogP contribution in [0.4, 0.5) is 0 Å². The van der Waals surface area contributed by atoms with E-state index in [0.29, 0.717) is 19.7 Å². The minimum atomic E-state index is -0.200. The van der Waals surface area contributed by atoms with Crippen molar-refractivity contribution in [1.29, 1.82) is 0 Å². The Kier molecular flexibility index (Phi) is 7.32. The topological polar surface area (TPSA) is 74.6 Å². The minimum absolute atomic E-state index is 0.0505. The summed E-state index contributed by atoms with van der Waals surface area (Å²) in [6.45, 7) is 5.26. The third kappa shape index (κ3) is 5.67. The highest BCUT2D eigenvalue weighted by molar-refractivity contribution is 5.78. The molecule has 0 radical (unpaired) electrons. The van der Waals surface area contributed by atoms with E-state index in [1.54, 1.807) is 7.11 Å². The van der Waals surface area contributed by atoms with Gasteiger partial charge in [-0.25, -0.2) is 4.98 Å². The number of hydrogen-bond donors (Lipinski definition) is 1. The van der Waals surface area contributed by atoms with Crippen LogP contribution in [0.1, 0.15) is 17.0 Å². The Morgan fingerprint density at radius 2 is 1.74 bits per heavy atom. The van der Waals surface area contributed by atoms with E-state index in [9.17, 15) is 4.79 Å². The summed E-state index contributed by atoms with van der Waals surface area (Å²) in [4.78, 5) is 17.2. The Bertz CT molecular complexity index is 1260. The number of carbonyl (C=O) groups excluding carboxylic acids is 1. The highest BCUT2D eigenvalue weighted by Crippen LogP contribution is 2.20. The second kappa shape index (κ2) is 10.7. The zero-order valence-electron chi connectivity index (χ0n) is 19.7. The van der Waals surface area contributed by atoms with Gasteiger partial charge in [0.2, 0.25) is 0 Å². The fourth-order valence-electron chi connectivity index (χ4n) is 3.67. The predicted octanol–water partition coefficient (Wildman–Crippen LogP) is 4.44. The van der Waals surface area contributed by atoms with Crippen molar-refractivity contribution in [2.75, 3.05) is 20.3 Å². The van der Waals surface area contributed by atoms with E-state index in [1.165, 1.54) is 0 Å². The van der Waals surface area contributed by atoms with Crippen molar-refractivity contribution < 1.29 is 19.0 Å². The van der Waals surface area contributed by atoms with Gasteiger partial charge >= 0.3 is 0 Å². The normalized spacial score (nSPS) is 10.8. The maximum absolute atomic E-state index is 12.5. The molecule has 0 bridgehead atoms. The van der Waals surface area contributed by atoms with Crippen LogP contribution >= 0.6 is 0 Å². The molecule has 0 unspecified atom stereocenters. The van der Waals surface area contributed by atoms with Crippen LogP contribution in [-0.2, 0) is 17.9 Å². The van der Waals surface area contributed by atoms with Crippen molar-refractivity contribution in [3.63, 3.8) is 0 Å². The first-order valence-corrected chi connectivity index (χ1v) is 11.2. The van der Waals surface area contributed by atoms with Crippen LogP contribution in [0.2, 0.25) is 0 Å². The van der Waals surface area contributed by atoms with Gasteiger partial charge in [0.15, 0.2) is 6.61 Å². The quantitative estimate of drug-likeness (QED) is 0.380. The van der Waals surface area contributed by atoms with Gasteiger partial charge in [0.25, 0.3) is 5.91 Å². The molecule has 34 heavy (non-hydrogen) atoms. The fraction of sp³-hybridized carbons (Fsp3) is 0.259. The lowest BCUT2D eigenvalue weighted by molar-refractivity contribution is -0.123. The average Bonchev–Trinajstić information content (AvgIpc) is 3.21. The maximum atomic E-state index is 12.5. The Morgan fingerprint density at radius 3 is 2.53 bits per heavy atom. The van der Waals surface area contributed by atoms with E-state index < -0.39 is 0 Å². The molecule has 7 heteroatoms. The highest BCUT2D eigenvalue weighted by atomic mass is 16.5. The number of ether oxygens (including phenoxy) is 3. The number of aryl methyl sites for hydroxylation is 2. The van der Waals surface area contributed by atoms with Crippen molar-refractivity contribution in [1.82, 2.24) is 14.9 Å². The number of methoxy groups -OCH3 is 1. The summed E-state index contributed by atoms with van der Waals surface area (Å²) in [5, 5.41) is 2.92. The molecule has 0 saturated heterocycles. The van der Waals surface area contributed by atoms with Gasteiger partial charge in [-0.2, -0.15) is 0 Å². The van der Waals surface area contributed by atoms with Gasteiger partial charge in [0.1, 0.15) is 29.7 Å². The summed E-state index contributed by atoms with van der Waals surface area (Å²) in [6, 6.07) is 21.3. The van der Waals surface area contributed by atoms with Crippen molar-refractivity contribution >= 4 is 16.9 Å². The van der Waals surface area contributed by atoms with Gasteiger partial charge in [-0.05, 0) is 67.4 Å². The molecule has 1 aromatic heterocycles. The zero-order valence-corrected chi connectivity index (χ0v) is 19.7. The van der Waals surface area contributed by atoms with Gasteiger partial charge in [0.05, 0.1) is 31.2 Å². The molecule has 0 aliphatic rings. The Labute approximate surface area is 199 Å². The molecular weight excluding hydrogens is 430 g/mol. The SMILES string of the molecule is COc1ccc(OCCn2c(CNC(=O)COc3cc(C)ccc3C)nc3ccccc32)cc1. The fourth-order valence-corrected chi connectivity index (χ4v) is 3.67. The van der Waals surface area contributed by atoms with Crippen LogP contribution in [-0.4, -0.2) is 35.8 Å². The molecule has 176 valence electrons. The number of nitrogens with zero attached hydrogens (tertiary/aromatic N) is 2. The predicted molar refractivity (Wildman–Crippen MR) is 131 cm³/mol. The van der Waals surface area contributed by atoms with E-state index in [0.717, 1.165) is 45.2 Å². The Morgan fingerprint density at radius 1 is 0.971 bits per heavy atom. The first kappa shape index (κ1) is 23.2. The van der Waals surface area contributed by atoms with E-state index in [2.05, 4.69) is 9.88 Å². The number of para-hydroxylation sites is 2. The largest absolute Gasteiger partial charge is 0.497 e. The second-order valence-corrected chi connectivity index (χ2v) is 8.03. The second-order valence-electron chi connectivity index (χ2n) is 8.03. The lowest BCUT2D eigenvalue weighted by Gasteiger charge is -2.13. The molecule has 1 heterocycles. The molecule has 4 aromatic rings. The van der Waals surface area contributed by atoms with Gasteiger partial charge in [-0.15, -0.1) is 0 Å². The molecule has 0 saturated carbocycles. The Hall–Kier alpha value is -4.00. The van der Waals surface area contributed by atoms with Gasteiger partial charge in [-0.1, -0.05) is 24.3 Å². The number of fused-ring (bicyclic) bond motifs is 1. The van der Waals surface area contributed by atoms with Gasteiger partial charge in [-0.3, -0.25) is 4.79 Å².